The lowest BCUT2D eigenvalue weighted by Crippen LogP contribution is -2.05. The third-order valence-corrected chi connectivity index (χ3v) is 1.97. The summed E-state index contributed by atoms with van der Waals surface area (Å²) in [5.74, 6) is 0.0175. The average Bonchev–Trinajstić information content (AvgIpc) is 2.01. The van der Waals surface area contributed by atoms with E-state index in [4.69, 9.17) is 23.2 Å². The van der Waals surface area contributed by atoms with Crippen LogP contribution in [0, 0.1) is 0 Å². The molecule has 0 N–H and O–H groups in total. The van der Waals surface area contributed by atoms with Crippen molar-refractivity contribution in [3.8, 4) is 0 Å². The standard InChI is InChI=1S/C8H5Cl2F3/c9-4-5-1-6(8(11,12)13)3-7(10)2-5/h1-3H,4H2. The molecule has 5 heteroatoms. The van der Waals surface area contributed by atoms with Crippen molar-refractivity contribution in [3.63, 3.8) is 0 Å². The lowest BCUT2D eigenvalue weighted by molar-refractivity contribution is -0.137. The van der Waals surface area contributed by atoms with Crippen LogP contribution in [0.4, 0.5) is 13.2 Å². The van der Waals surface area contributed by atoms with E-state index in [1.807, 2.05) is 0 Å². The summed E-state index contributed by atoms with van der Waals surface area (Å²) in [7, 11) is 0. The minimum absolute atomic E-state index is 0.0175. The van der Waals surface area contributed by atoms with Gasteiger partial charge in [0.1, 0.15) is 0 Å². The van der Waals surface area contributed by atoms with Crippen molar-refractivity contribution in [2.24, 2.45) is 0 Å². The van der Waals surface area contributed by atoms with E-state index >= 15 is 0 Å². The van der Waals surface area contributed by atoms with Crippen LogP contribution in [0.2, 0.25) is 5.02 Å². The van der Waals surface area contributed by atoms with Gasteiger partial charge in [-0.05, 0) is 23.8 Å². The fourth-order valence-corrected chi connectivity index (χ4v) is 1.30. The van der Waals surface area contributed by atoms with Crippen LogP contribution < -0.4 is 0 Å². The minimum Gasteiger partial charge on any atom is -0.166 e. The van der Waals surface area contributed by atoms with Gasteiger partial charge in [-0.2, -0.15) is 13.2 Å². The van der Waals surface area contributed by atoms with Gasteiger partial charge in [-0.25, -0.2) is 0 Å². The molecule has 0 aliphatic carbocycles. The molecule has 0 radical (unpaired) electrons. The van der Waals surface area contributed by atoms with Crippen molar-refractivity contribution in [1.82, 2.24) is 0 Å². The number of benzene rings is 1. The summed E-state index contributed by atoms with van der Waals surface area (Å²) < 4.78 is 36.5. The molecule has 0 aliphatic heterocycles. The molecule has 0 saturated carbocycles. The van der Waals surface area contributed by atoms with Gasteiger partial charge in [0.25, 0.3) is 0 Å². The molecule has 0 aliphatic rings. The van der Waals surface area contributed by atoms with E-state index in [0.29, 0.717) is 5.56 Å². The Hall–Kier alpha value is -0.410. The summed E-state index contributed by atoms with van der Waals surface area (Å²) in [5, 5.41) is 0.0467. The maximum absolute atomic E-state index is 12.2. The Morgan fingerprint density at radius 1 is 1.15 bits per heavy atom. The van der Waals surface area contributed by atoms with Crippen molar-refractivity contribution in [2.75, 3.05) is 0 Å². The van der Waals surface area contributed by atoms with Crippen molar-refractivity contribution in [2.45, 2.75) is 12.1 Å². The number of alkyl halides is 4. The molecule has 1 rings (SSSR count). The van der Waals surface area contributed by atoms with E-state index in [1.165, 1.54) is 6.07 Å². The smallest absolute Gasteiger partial charge is 0.166 e. The monoisotopic (exact) mass is 228 g/mol. The van der Waals surface area contributed by atoms with E-state index in [1.54, 1.807) is 0 Å². The molecule has 0 amide bonds. The van der Waals surface area contributed by atoms with Crippen LogP contribution in [0.15, 0.2) is 18.2 Å². The maximum Gasteiger partial charge on any atom is 0.416 e. The van der Waals surface area contributed by atoms with Crippen LogP contribution in [-0.2, 0) is 12.1 Å². The number of hydrogen-bond acceptors (Lipinski definition) is 0. The van der Waals surface area contributed by atoms with Gasteiger partial charge >= 0.3 is 6.18 Å². The molecule has 0 fully saturated rings. The van der Waals surface area contributed by atoms with Gasteiger partial charge in [-0.3, -0.25) is 0 Å². The first-order chi connectivity index (χ1) is 5.93. The Balaban J connectivity index is 3.16. The summed E-state index contributed by atoms with van der Waals surface area (Å²) in [6, 6.07) is 3.26. The zero-order chi connectivity index (χ0) is 10.1. The second kappa shape index (κ2) is 3.76. The Morgan fingerprint density at radius 2 is 1.77 bits per heavy atom. The Kier molecular flexibility index (Phi) is 3.09. The maximum atomic E-state index is 12.2. The van der Waals surface area contributed by atoms with Gasteiger partial charge in [-0.15, -0.1) is 11.6 Å². The molecule has 0 bridgehead atoms. The molecule has 0 spiro atoms. The highest BCUT2D eigenvalue weighted by molar-refractivity contribution is 6.30. The molecule has 0 saturated heterocycles. The van der Waals surface area contributed by atoms with Crippen LogP contribution in [0.3, 0.4) is 0 Å². The van der Waals surface area contributed by atoms with Crippen molar-refractivity contribution in [1.29, 1.82) is 0 Å². The van der Waals surface area contributed by atoms with Crippen LogP contribution in [0.25, 0.3) is 0 Å². The van der Waals surface area contributed by atoms with Gasteiger partial charge in [0.15, 0.2) is 0 Å². The molecule has 0 aromatic heterocycles. The normalized spacial score (nSPS) is 11.8. The molecule has 0 heterocycles. The predicted molar refractivity (Wildman–Crippen MR) is 46.0 cm³/mol. The van der Waals surface area contributed by atoms with E-state index in [9.17, 15) is 13.2 Å². The van der Waals surface area contributed by atoms with Crippen molar-refractivity contribution < 1.29 is 13.2 Å². The quantitative estimate of drug-likeness (QED) is 0.636. The van der Waals surface area contributed by atoms with Gasteiger partial charge in [0.2, 0.25) is 0 Å². The van der Waals surface area contributed by atoms with Crippen LogP contribution in [0.1, 0.15) is 11.1 Å². The van der Waals surface area contributed by atoms with E-state index in [2.05, 4.69) is 0 Å². The van der Waals surface area contributed by atoms with Gasteiger partial charge in [-0.1, -0.05) is 11.6 Å². The fourth-order valence-electron chi connectivity index (χ4n) is 0.891. The van der Waals surface area contributed by atoms with Crippen molar-refractivity contribution in [3.05, 3.63) is 34.3 Å². The second-order valence-electron chi connectivity index (χ2n) is 2.48. The Labute approximate surface area is 83.3 Å². The molecule has 1 aromatic carbocycles. The third kappa shape index (κ3) is 2.78. The molecule has 72 valence electrons. The van der Waals surface area contributed by atoms with E-state index < -0.39 is 11.7 Å². The molecule has 0 unspecified atom stereocenters. The van der Waals surface area contributed by atoms with Crippen LogP contribution in [0.5, 0.6) is 0 Å². The van der Waals surface area contributed by atoms with Crippen LogP contribution in [-0.4, -0.2) is 0 Å². The van der Waals surface area contributed by atoms with Gasteiger partial charge in [0.05, 0.1) is 5.56 Å². The lowest BCUT2D eigenvalue weighted by atomic mass is 10.1. The highest BCUT2D eigenvalue weighted by atomic mass is 35.5. The largest absolute Gasteiger partial charge is 0.416 e. The molecule has 1 aromatic rings. The Morgan fingerprint density at radius 3 is 2.23 bits per heavy atom. The summed E-state index contributed by atoms with van der Waals surface area (Å²) in [6.45, 7) is 0. The lowest BCUT2D eigenvalue weighted by Gasteiger charge is -2.08. The number of halogens is 5. The second-order valence-corrected chi connectivity index (χ2v) is 3.18. The summed E-state index contributed by atoms with van der Waals surface area (Å²) in [5.41, 5.74) is -0.405. The van der Waals surface area contributed by atoms with E-state index in [-0.39, 0.29) is 10.9 Å². The molecule has 0 atom stereocenters. The summed E-state index contributed by atoms with van der Waals surface area (Å²) in [6.07, 6.45) is -4.37. The first-order valence-corrected chi connectivity index (χ1v) is 4.27. The number of hydrogen-bond donors (Lipinski definition) is 0. The highest BCUT2D eigenvalue weighted by Gasteiger charge is 2.30. The average molecular weight is 229 g/mol. The SMILES string of the molecule is FC(F)(F)c1cc(Cl)cc(CCl)c1. The zero-order valence-corrected chi connectivity index (χ0v) is 7.84. The zero-order valence-electron chi connectivity index (χ0n) is 6.33. The topological polar surface area (TPSA) is 0 Å². The third-order valence-electron chi connectivity index (χ3n) is 1.44. The van der Waals surface area contributed by atoms with Crippen molar-refractivity contribution >= 4 is 23.2 Å². The highest BCUT2D eigenvalue weighted by Crippen LogP contribution is 2.32. The molecule has 0 nitrogen and oxygen atoms in total. The van der Waals surface area contributed by atoms with E-state index in [0.717, 1.165) is 12.1 Å². The Bertz CT molecular complexity index is 307. The van der Waals surface area contributed by atoms with Crippen LogP contribution >= 0.6 is 23.2 Å². The summed E-state index contributed by atoms with van der Waals surface area (Å²) in [4.78, 5) is 0. The summed E-state index contributed by atoms with van der Waals surface area (Å²) >= 11 is 10.9. The number of rotatable bonds is 1. The molecule has 13 heavy (non-hydrogen) atoms. The predicted octanol–water partition coefficient (Wildman–Crippen LogP) is 4.10. The first kappa shape index (κ1) is 10.7. The molecular formula is C8H5Cl2F3. The van der Waals surface area contributed by atoms with Gasteiger partial charge in [0, 0.05) is 10.9 Å². The molecular weight excluding hydrogens is 224 g/mol. The minimum atomic E-state index is -4.37. The fraction of sp³-hybridized carbons (Fsp3) is 0.250. The first-order valence-electron chi connectivity index (χ1n) is 3.36. The van der Waals surface area contributed by atoms with Gasteiger partial charge < -0.3 is 0 Å².